The van der Waals surface area contributed by atoms with Crippen LogP contribution in [0.4, 0.5) is 0 Å². The normalized spacial score (nSPS) is 11.2. The number of nitrogens with zero attached hydrogens (tertiary/aromatic N) is 1. The van der Waals surface area contributed by atoms with Gasteiger partial charge in [0.15, 0.2) is 0 Å². The third-order valence-electron chi connectivity index (χ3n) is 2.94. The molecule has 0 heterocycles. The van der Waals surface area contributed by atoms with Crippen LogP contribution >= 0.6 is 0 Å². The zero-order valence-electron chi connectivity index (χ0n) is 11.5. The van der Waals surface area contributed by atoms with E-state index in [4.69, 9.17) is 10.00 Å². The highest BCUT2D eigenvalue weighted by Crippen LogP contribution is 2.14. The van der Waals surface area contributed by atoms with E-state index in [1.54, 1.807) is 12.1 Å². The van der Waals surface area contributed by atoms with Gasteiger partial charge >= 0.3 is 0 Å². The summed E-state index contributed by atoms with van der Waals surface area (Å²) in [7, 11) is 0. The molecule has 106 valence electrons. The van der Waals surface area contributed by atoms with Gasteiger partial charge in [0.25, 0.3) is 0 Å². The minimum absolute atomic E-state index is 0.305. The van der Waals surface area contributed by atoms with Gasteiger partial charge in [0.05, 0.1) is 12.6 Å². The number of rotatable bonds is 6. The van der Waals surface area contributed by atoms with Gasteiger partial charge in [0, 0.05) is 0 Å². The van der Waals surface area contributed by atoms with Crippen molar-refractivity contribution in [2.75, 3.05) is 13.2 Å². The molecular weight excluding hydrogens is 264 g/mol. The van der Waals surface area contributed by atoms with E-state index in [1.807, 2.05) is 54.6 Å². The fraction of sp³-hybridized carbons (Fsp3) is 0.176. The van der Waals surface area contributed by atoms with Gasteiger partial charge in [-0.2, -0.15) is 5.26 Å². The van der Waals surface area contributed by atoms with Crippen molar-refractivity contribution in [3.05, 3.63) is 66.2 Å². The maximum absolute atomic E-state index is 12.0. The largest absolute Gasteiger partial charge is 0.492 e. The van der Waals surface area contributed by atoms with Gasteiger partial charge < -0.3 is 10.1 Å². The standard InChI is InChI=1S/C17H16N2O2/c18-13-16(14-7-3-1-4-8-14)17(20)19-11-12-21-15-9-5-2-6-10-15/h1-10,16H,11-12H2,(H,19,20). The van der Waals surface area contributed by atoms with Crippen molar-refractivity contribution >= 4 is 5.91 Å². The molecule has 2 aromatic rings. The van der Waals surface area contributed by atoms with Gasteiger partial charge in [-0.3, -0.25) is 4.79 Å². The van der Waals surface area contributed by atoms with E-state index in [-0.39, 0.29) is 5.91 Å². The number of carbonyl (C=O) groups excluding carboxylic acids is 1. The second-order valence-corrected chi connectivity index (χ2v) is 4.43. The summed E-state index contributed by atoms with van der Waals surface area (Å²) >= 11 is 0. The Morgan fingerprint density at radius 3 is 2.33 bits per heavy atom. The number of nitriles is 1. The highest BCUT2D eigenvalue weighted by molar-refractivity contribution is 5.86. The lowest BCUT2D eigenvalue weighted by atomic mass is 10.00. The van der Waals surface area contributed by atoms with Crippen LogP contribution in [0.25, 0.3) is 0 Å². The molecule has 0 aliphatic heterocycles. The van der Waals surface area contributed by atoms with Crippen LogP contribution in [-0.4, -0.2) is 19.1 Å². The first-order chi connectivity index (χ1) is 10.3. The van der Waals surface area contributed by atoms with Gasteiger partial charge in [-0.25, -0.2) is 0 Å². The van der Waals surface area contributed by atoms with E-state index in [2.05, 4.69) is 5.32 Å². The molecule has 0 spiro atoms. The molecule has 1 N–H and O–H groups in total. The quantitative estimate of drug-likeness (QED) is 0.827. The Bertz CT molecular complexity index is 606. The molecule has 0 fully saturated rings. The summed E-state index contributed by atoms with van der Waals surface area (Å²) in [5.41, 5.74) is 0.696. The van der Waals surface area contributed by atoms with Gasteiger partial charge in [-0.05, 0) is 17.7 Å². The smallest absolute Gasteiger partial charge is 0.242 e. The van der Waals surface area contributed by atoms with E-state index in [0.717, 1.165) is 5.75 Å². The zero-order chi connectivity index (χ0) is 14.9. The Morgan fingerprint density at radius 2 is 1.71 bits per heavy atom. The van der Waals surface area contributed by atoms with E-state index < -0.39 is 5.92 Å². The molecule has 1 atom stereocenters. The van der Waals surface area contributed by atoms with E-state index in [1.165, 1.54) is 0 Å². The number of nitrogens with one attached hydrogen (secondary N) is 1. The molecule has 1 amide bonds. The molecule has 0 bridgehead atoms. The van der Waals surface area contributed by atoms with Crippen molar-refractivity contribution in [1.82, 2.24) is 5.32 Å². The molecule has 2 rings (SSSR count). The maximum Gasteiger partial charge on any atom is 0.242 e. The van der Waals surface area contributed by atoms with Crippen molar-refractivity contribution in [2.24, 2.45) is 0 Å². The van der Waals surface area contributed by atoms with E-state index in [9.17, 15) is 4.79 Å². The van der Waals surface area contributed by atoms with Crippen LogP contribution in [0.5, 0.6) is 5.75 Å². The van der Waals surface area contributed by atoms with Crippen molar-refractivity contribution in [3.8, 4) is 11.8 Å². The maximum atomic E-state index is 12.0. The molecule has 2 aromatic carbocycles. The van der Waals surface area contributed by atoms with E-state index in [0.29, 0.717) is 18.7 Å². The SMILES string of the molecule is N#CC(C(=O)NCCOc1ccccc1)c1ccccc1. The Morgan fingerprint density at radius 1 is 1.10 bits per heavy atom. The van der Waals surface area contributed by atoms with Crippen LogP contribution in [-0.2, 0) is 4.79 Å². The number of benzene rings is 2. The molecule has 4 nitrogen and oxygen atoms in total. The third kappa shape index (κ3) is 4.36. The van der Waals surface area contributed by atoms with Crippen molar-refractivity contribution in [1.29, 1.82) is 5.26 Å². The Hall–Kier alpha value is -2.80. The predicted molar refractivity (Wildman–Crippen MR) is 79.7 cm³/mol. The van der Waals surface area contributed by atoms with Gasteiger partial charge in [-0.1, -0.05) is 48.5 Å². The van der Waals surface area contributed by atoms with Gasteiger partial charge in [0.1, 0.15) is 18.3 Å². The summed E-state index contributed by atoms with van der Waals surface area (Å²) in [5, 5.41) is 11.9. The topological polar surface area (TPSA) is 62.1 Å². The number of para-hydroxylation sites is 1. The Labute approximate surface area is 124 Å². The number of amides is 1. The second kappa shape index (κ2) is 7.71. The molecule has 0 aliphatic carbocycles. The molecule has 0 saturated carbocycles. The van der Waals surface area contributed by atoms with Crippen LogP contribution in [0.2, 0.25) is 0 Å². The summed E-state index contributed by atoms with van der Waals surface area (Å²) in [5.74, 6) is -0.338. The Balaban J connectivity index is 1.80. The lowest BCUT2D eigenvalue weighted by Gasteiger charge is -2.11. The predicted octanol–water partition coefficient (Wildman–Crippen LogP) is 2.49. The first kappa shape index (κ1) is 14.6. The van der Waals surface area contributed by atoms with Crippen LogP contribution in [0, 0.1) is 11.3 Å². The fourth-order valence-electron chi connectivity index (χ4n) is 1.89. The summed E-state index contributed by atoms with van der Waals surface area (Å²) in [6.07, 6.45) is 0. The average Bonchev–Trinajstić information content (AvgIpc) is 2.54. The lowest BCUT2D eigenvalue weighted by molar-refractivity contribution is -0.121. The van der Waals surface area contributed by atoms with Gasteiger partial charge in [-0.15, -0.1) is 0 Å². The average molecular weight is 280 g/mol. The number of carbonyl (C=O) groups is 1. The molecule has 0 aromatic heterocycles. The highest BCUT2D eigenvalue weighted by atomic mass is 16.5. The second-order valence-electron chi connectivity index (χ2n) is 4.43. The minimum Gasteiger partial charge on any atom is -0.492 e. The number of hydrogen-bond acceptors (Lipinski definition) is 3. The molecule has 1 unspecified atom stereocenters. The van der Waals surface area contributed by atoms with Crippen LogP contribution in [0.1, 0.15) is 11.5 Å². The molecule has 0 aliphatic rings. The lowest BCUT2D eigenvalue weighted by Crippen LogP contribution is -2.32. The first-order valence-corrected chi connectivity index (χ1v) is 6.71. The summed E-state index contributed by atoms with van der Waals surface area (Å²) in [6.45, 7) is 0.724. The molecule has 4 heteroatoms. The monoisotopic (exact) mass is 280 g/mol. The van der Waals surface area contributed by atoms with Crippen molar-refractivity contribution in [2.45, 2.75) is 5.92 Å². The van der Waals surface area contributed by atoms with Crippen molar-refractivity contribution in [3.63, 3.8) is 0 Å². The summed E-state index contributed by atoms with van der Waals surface area (Å²) in [4.78, 5) is 12.0. The third-order valence-corrected chi connectivity index (χ3v) is 2.94. The minimum atomic E-state index is -0.789. The zero-order valence-corrected chi connectivity index (χ0v) is 11.5. The number of hydrogen-bond donors (Lipinski definition) is 1. The fourth-order valence-corrected chi connectivity index (χ4v) is 1.89. The molecule has 0 saturated heterocycles. The highest BCUT2D eigenvalue weighted by Gasteiger charge is 2.19. The van der Waals surface area contributed by atoms with E-state index >= 15 is 0 Å². The van der Waals surface area contributed by atoms with Crippen molar-refractivity contribution < 1.29 is 9.53 Å². The number of ether oxygens (including phenoxy) is 1. The molecule has 21 heavy (non-hydrogen) atoms. The first-order valence-electron chi connectivity index (χ1n) is 6.71. The van der Waals surface area contributed by atoms with Crippen LogP contribution < -0.4 is 10.1 Å². The molecule has 0 radical (unpaired) electrons. The summed E-state index contributed by atoms with van der Waals surface area (Å²) < 4.78 is 5.48. The van der Waals surface area contributed by atoms with Crippen LogP contribution in [0.15, 0.2) is 60.7 Å². The van der Waals surface area contributed by atoms with Crippen LogP contribution in [0.3, 0.4) is 0 Å². The molecular formula is C17H16N2O2. The van der Waals surface area contributed by atoms with Gasteiger partial charge in [0.2, 0.25) is 5.91 Å². The summed E-state index contributed by atoms with van der Waals surface area (Å²) in [6, 6.07) is 20.4. The Kier molecular flexibility index (Phi) is 5.36.